The molecule has 0 aliphatic carbocycles. The summed E-state index contributed by atoms with van der Waals surface area (Å²) in [6.45, 7) is 7.62. The Morgan fingerprint density at radius 3 is 2.83 bits per heavy atom. The van der Waals surface area contributed by atoms with Crippen LogP contribution in [0.4, 0.5) is 4.39 Å². The molecule has 1 amide bonds. The minimum absolute atomic E-state index is 0. The van der Waals surface area contributed by atoms with Crippen molar-refractivity contribution >= 4 is 35.8 Å². The molecule has 2 aromatic rings. The minimum atomic E-state index is -0.519. The molecular weight excluding hydrogens is 498 g/mol. The van der Waals surface area contributed by atoms with Crippen molar-refractivity contribution in [2.24, 2.45) is 10.9 Å². The average molecular weight is 528 g/mol. The number of likely N-dealkylation sites (tertiary alicyclic amines) is 1. The Balaban J connectivity index is 0.00000320. The predicted octanol–water partition coefficient (Wildman–Crippen LogP) is 2.92. The van der Waals surface area contributed by atoms with E-state index in [2.05, 4.69) is 37.0 Å². The van der Waals surface area contributed by atoms with Gasteiger partial charge in [-0.25, -0.2) is 9.37 Å². The van der Waals surface area contributed by atoms with Crippen molar-refractivity contribution in [1.82, 2.24) is 25.1 Å². The van der Waals surface area contributed by atoms with E-state index >= 15 is 0 Å². The lowest BCUT2D eigenvalue weighted by atomic mass is 9.93. The van der Waals surface area contributed by atoms with E-state index in [0.29, 0.717) is 25.0 Å². The molecule has 2 heterocycles. The van der Waals surface area contributed by atoms with Crippen LogP contribution in [0.3, 0.4) is 0 Å². The third kappa shape index (κ3) is 6.16. The summed E-state index contributed by atoms with van der Waals surface area (Å²) in [5.41, 5.74) is 0.0524. The van der Waals surface area contributed by atoms with Crippen LogP contribution >= 0.6 is 24.0 Å². The van der Waals surface area contributed by atoms with E-state index in [-0.39, 0.29) is 29.5 Å². The maximum absolute atomic E-state index is 13.7. The number of imidazole rings is 1. The van der Waals surface area contributed by atoms with Gasteiger partial charge in [0, 0.05) is 38.6 Å². The monoisotopic (exact) mass is 528 g/mol. The molecule has 1 saturated heterocycles. The van der Waals surface area contributed by atoms with Gasteiger partial charge in [-0.1, -0.05) is 19.1 Å². The Labute approximate surface area is 194 Å². The number of rotatable bonds is 6. The molecule has 1 fully saturated rings. The zero-order valence-corrected chi connectivity index (χ0v) is 19.8. The van der Waals surface area contributed by atoms with Crippen molar-refractivity contribution in [3.63, 3.8) is 0 Å². The number of aliphatic imine (C=N–C) groups is 1. The molecule has 0 spiro atoms. The zero-order chi connectivity index (χ0) is 20.6. The quantitative estimate of drug-likeness (QED) is 0.262. The summed E-state index contributed by atoms with van der Waals surface area (Å²) in [5.74, 6) is 0.457. The van der Waals surface area contributed by atoms with Crippen molar-refractivity contribution < 1.29 is 9.18 Å². The molecule has 2 atom stereocenters. The maximum atomic E-state index is 13.7. The standard InChI is InChI=1S/C21H29FN6O.HI/c1-3-24-21(26-10-9-25-20(29)17-6-4-5-7-18(17)22)27-12-8-16(2)19(14-27)28-13-11-23-15-28;/h4-7,11,13,15-16,19H,3,8-10,12,14H2,1-2H3,(H,24,26)(H,25,29);1H. The lowest BCUT2D eigenvalue weighted by Crippen LogP contribution is -2.49. The van der Waals surface area contributed by atoms with E-state index in [1.54, 1.807) is 12.1 Å². The lowest BCUT2D eigenvalue weighted by Gasteiger charge is -2.39. The number of amides is 1. The molecule has 1 aromatic heterocycles. The molecule has 0 saturated carbocycles. The topological polar surface area (TPSA) is 74.6 Å². The molecular formula is C21H30FIN6O. The second-order valence-corrected chi connectivity index (χ2v) is 7.26. The van der Waals surface area contributed by atoms with Crippen molar-refractivity contribution in [1.29, 1.82) is 0 Å². The fourth-order valence-corrected chi connectivity index (χ4v) is 3.59. The molecule has 1 aromatic carbocycles. The Kier molecular flexibility index (Phi) is 9.54. The Bertz CT molecular complexity index is 829. The van der Waals surface area contributed by atoms with Crippen molar-refractivity contribution in [2.75, 3.05) is 32.7 Å². The Hall–Kier alpha value is -2.17. The average Bonchev–Trinajstić information content (AvgIpc) is 3.25. The van der Waals surface area contributed by atoms with Gasteiger partial charge in [-0.3, -0.25) is 9.79 Å². The number of hydrogen-bond acceptors (Lipinski definition) is 3. The second-order valence-electron chi connectivity index (χ2n) is 7.26. The Morgan fingerprint density at radius 1 is 1.33 bits per heavy atom. The van der Waals surface area contributed by atoms with Gasteiger partial charge in [0.25, 0.3) is 5.91 Å². The molecule has 2 unspecified atom stereocenters. The van der Waals surface area contributed by atoms with Gasteiger partial charge in [0.1, 0.15) is 5.82 Å². The first-order valence-corrected chi connectivity index (χ1v) is 10.1. The number of piperidine rings is 1. The summed E-state index contributed by atoms with van der Waals surface area (Å²) in [6.07, 6.45) is 6.75. The smallest absolute Gasteiger partial charge is 0.254 e. The molecule has 1 aliphatic rings. The number of benzene rings is 1. The highest BCUT2D eigenvalue weighted by molar-refractivity contribution is 14.0. The molecule has 0 bridgehead atoms. The van der Waals surface area contributed by atoms with Crippen LogP contribution in [0.15, 0.2) is 48.0 Å². The highest BCUT2D eigenvalue weighted by Crippen LogP contribution is 2.27. The third-order valence-corrected chi connectivity index (χ3v) is 5.24. The largest absolute Gasteiger partial charge is 0.357 e. The highest BCUT2D eigenvalue weighted by atomic mass is 127. The third-order valence-electron chi connectivity index (χ3n) is 5.24. The molecule has 9 heteroatoms. The van der Waals surface area contributed by atoms with Gasteiger partial charge in [0.2, 0.25) is 0 Å². The molecule has 164 valence electrons. The van der Waals surface area contributed by atoms with Crippen molar-refractivity contribution in [2.45, 2.75) is 26.3 Å². The number of halogens is 2. The molecule has 2 N–H and O–H groups in total. The summed E-state index contributed by atoms with van der Waals surface area (Å²) in [7, 11) is 0. The van der Waals surface area contributed by atoms with Gasteiger partial charge in [0.05, 0.1) is 24.5 Å². The Morgan fingerprint density at radius 2 is 2.13 bits per heavy atom. The predicted molar refractivity (Wildman–Crippen MR) is 127 cm³/mol. The first kappa shape index (κ1) is 24.1. The van der Waals surface area contributed by atoms with E-state index < -0.39 is 11.7 Å². The van der Waals surface area contributed by atoms with E-state index in [9.17, 15) is 9.18 Å². The minimum Gasteiger partial charge on any atom is -0.357 e. The summed E-state index contributed by atoms with van der Waals surface area (Å²) in [6, 6.07) is 6.31. The molecule has 7 nitrogen and oxygen atoms in total. The highest BCUT2D eigenvalue weighted by Gasteiger charge is 2.28. The van der Waals surface area contributed by atoms with Crippen LogP contribution < -0.4 is 10.6 Å². The fourth-order valence-electron chi connectivity index (χ4n) is 3.59. The normalized spacial score (nSPS) is 19.2. The van der Waals surface area contributed by atoms with Crippen LogP contribution in [-0.2, 0) is 0 Å². The van der Waals surface area contributed by atoms with E-state index in [1.807, 2.05) is 25.6 Å². The van der Waals surface area contributed by atoms with Crippen LogP contribution in [0.5, 0.6) is 0 Å². The fraction of sp³-hybridized carbons (Fsp3) is 0.476. The van der Waals surface area contributed by atoms with E-state index in [0.717, 1.165) is 32.0 Å². The van der Waals surface area contributed by atoms with E-state index in [4.69, 9.17) is 0 Å². The van der Waals surface area contributed by atoms with Gasteiger partial charge in [-0.05, 0) is 31.4 Å². The molecule has 30 heavy (non-hydrogen) atoms. The van der Waals surface area contributed by atoms with Crippen LogP contribution in [0, 0.1) is 11.7 Å². The number of nitrogens with zero attached hydrogens (tertiary/aromatic N) is 4. The van der Waals surface area contributed by atoms with Gasteiger partial charge >= 0.3 is 0 Å². The zero-order valence-electron chi connectivity index (χ0n) is 17.4. The number of hydrogen-bond donors (Lipinski definition) is 2. The number of carbonyl (C=O) groups excluding carboxylic acids is 1. The van der Waals surface area contributed by atoms with Crippen LogP contribution in [-0.4, -0.2) is 59.0 Å². The summed E-state index contributed by atoms with van der Waals surface area (Å²) in [4.78, 5) is 23.2. The van der Waals surface area contributed by atoms with Gasteiger partial charge in [-0.15, -0.1) is 24.0 Å². The van der Waals surface area contributed by atoms with Crippen LogP contribution in [0.25, 0.3) is 0 Å². The maximum Gasteiger partial charge on any atom is 0.254 e. The molecule has 0 radical (unpaired) electrons. The number of carbonyl (C=O) groups is 1. The first-order valence-electron chi connectivity index (χ1n) is 10.1. The summed E-state index contributed by atoms with van der Waals surface area (Å²) < 4.78 is 15.9. The van der Waals surface area contributed by atoms with Crippen LogP contribution in [0.1, 0.15) is 36.7 Å². The number of nitrogens with one attached hydrogen (secondary N) is 2. The van der Waals surface area contributed by atoms with E-state index in [1.165, 1.54) is 12.1 Å². The summed E-state index contributed by atoms with van der Waals surface area (Å²) in [5, 5.41) is 6.07. The van der Waals surface area contributed by atoms with Crippen molar-refractivity contribution in [3.05, 3.63) is 54.4 Å². The molecule has 3 rings (SSSR count). The van der Waals surface area contributed by atoms with Gasteiger partial charge < -0.3 is 20.1 Å². The van der Waals surface area contributed by atoms with Crippen LogP contribution in [0.2, 0.25) is 0 Å². The summed E-state index contributed by atoms with van der Waals surface area (Å²) >= 11 is 0. The van der Waals surface area contributed by atoms with Gasteiger partial charge in [0.15, 0.2) is 5.96 Å². The number of aromatic nitrogens is 2. The lowest BCUT2D eigenvalue weighted by molar-refractivity contribution is 0.0950. The van der Waals surface area contributed by atoms with Crippen molar-refractivity contribution in [3.8, 4) is 0 Å². The number of guanidine groups is 1. The SMILES string of the molecule is CCNC(=NCCNC(=O)c1ccccc1F)N1CCC(C)C(n2ccnc2)C1.I. The van der Waals surface area contributed by atoms with Gasteiger partial charge in [-0.2, -0.15) is 0 Å². The first-order chi connectivity index (χ1) is 14.1. The molecule has 1 aliphatic heterocycles. The second kappa shape index (κ2) is 11.9.